The van der Waals surface area contributed by atoms with Gasteiger partial charge in [0.05, 0.1) is 0 Å². The van der Waals surface area contributed by atoms with Gasteiger partial charge in [-0.1, -0.05) is 6.07 Å². The average molecular weight is 165 g/mol. The molecule has 2 heteroatoms. The van der Waals surface area contributed by atoms with Crippen molar-refractivity contribution in [1.82, 2.24) is 0 Å². The van der Waals surface area contributed by atoms with E-state index in [-0.39, 0.29) is 7.33 Å². The number of hydrogen-bond acceptors (Lipinski definition) is 1. The highest BCUT2D eigenvalue weighted by atomic mass is 16.1. The molecule has 0 aromatic heterocycles. The molecule has 1 N–H and O–H groups in total. The van der Waals surface area contributed by atoms with E-state index in [4.69, 9.17) is 0 Å². The maximum Gasteiger partial charge on any atom is 0.221 e. The highest BCUT2D eigenvalue weighted by molar-refractivity contribution is 5.88. The average Bonchev–Trinajstić information content (AvgIpc) is 1.96. The lowest BCUT2D eigenvalue weighted by molar-refractivity contribution is -0.114. The molecule has 0 aliphatic heterocycles. The summed E-state index contributed by atoms with van der Waals surface area (Å²) in [6, 6.07) is 5.88. The number of benzene rings is 1. The first-order valence-electron chi connectivity index (χ1n) is 3.94. The summed E-state index contributed by atoms with van der Waals surface area (Å²) < 4.78 is 0. The number of amides is 1. The third-order valence-electron chi connectivity index (χ3n) is 1.83. The summed E-state index contributed by atoms with van der Waals surface area (Å²) in [7, 11) is 0. The van der Waals surface area contributed by atoms with Gasteiger partial charge in [0.2, 0.25) is 5.91 Å². The first-order chi connectivity index (χ1) is 5.59. The van der Waals surface area contributed by atoms with Crippen LogP contribution >= 0.6 is 0 Å². The predicted octanol–water partition coefficient (Wildman–Crippen LogP) is 2.51. The third-order valence-corrected chi connectivity index (χ3v) is 1.83. The van der Waals surface area contributed by atoms with Crippen molar-refractivity contribution in [2.75, 3.05) is 5.32 Å². The van der Waals surface area contributed by atoms with Crippen molar-refractivity contribution in [3.8, 4) is 0 Å². The van der Waals surface area contributed by atoms with E-state index in [0.717, 1.165) is 5.69 Å². The lowest BCUT2D eigenvalue weighted by atomic mass is 10.1. The number of rotatable bonds is 1. The van der Waals surface area contributed by atoms with Crippen molar-refractivity contribution in [2.24, 2.45) is 0 Å². The van der Waals surface area contributed by atoms with Gasteiger partial charge in [0.1, 0.15) is 0 Å². The van der Waals surface area contributed by atoms with Crippen LogP contribution in [0.4, 0.5) is 5.69 Å². The van der Waals surface area contributed by atoms with Crippen LogP contribution in [0, 0.1) is 13.8 Å². The second-order valence-corrected chi connectivity index (χ2v) is 2.98. The molecule has 0 heterocycles. The Bertz CT molecular complexity index is 310. The van der Waals surface area contributed by atoms with Gasteiger partial charge in [-0.15, -0.1) is 0 Å². The van der Waals surface area contributed by atoms with Crippen LogP contribution in [0.3, 0.4) is 0 Å². The molecule has 1 aromatic carbocycles. The Balaban J connectivity index is 0.00000144. The molecule has 0 atom stereocenters. The maximum absolute atomic E-state index is 10.7. The van der Waals surface area contributed by atoms with Gasteiger partial charge in [-0.3, -0.25) is 4.79 Å². The number of carbonyl (C=O) groups excluding carboxylic acids is 1. The molecule has 1 aromatic rings. The smallest absolute Gasteiger partial charge is 0.221 e. The molecular weight excluding hydrogens is 150 g/mol. The molecule has 0 aliphatic rings. The van der Waals surface area contributed by atoms with E-state index < -0.39 is 0 Å². The minimum atomic E-state index is -0.0294. The third kappa shape index (κ3) is 2.09. The minimum Gasteiger partial charge on any atom is -0.326 e. The number of nitrogens with one attached hydrogen (secondary N) is 1. The summed E-state index contributed by atoms with van der Waals surface area (Å²) in [4.78, 5) is 10.7. The molecule has 0 aliphatic carbocycles. The Morgan fingerprint density at radius 2 is 2.00 bits per heavy atom. The zero-order valence-corrected chi connectivity index (χ0v) is 7.64. The quantitative estimate of drug-likeness (QED) is 0.680. The second-order valence-electron chi connectivity index (χ2n) is 2.98. The van der Waals surface area contributed by atoms with Crippen molar-refractivity contribution in [1.29, 1.82) is 0 Å². The number of aryl methyl sites for hydroxylation is 2. The van der Waals surface area contributed by atoms with Crippen molar-refractivity contribution in [2.45, 2.75) is 20.8 Å². The minimum absolute atomic E-state index is 0. The molecule has 0 bridgehead atoms. The van der Waals surface area contributed by atoms with Gasteiger partial charge in [0.15, 0.2) is 0 Å². The van der Waals surface area contributed by atoms with Crippen molar-refractivity contribution in [3.05, 3.63) is 29.3 Å². The van der Waals surface area contributed by atoms with E-state index in [1.807, 2.05) is 32.0 Å². The Labute approximate surface area is 74.1 Å². The van der Waals surface area contributed by atoms with Gasteiger partial charge >= 0.3 is 0 Å². The van der Waals surface area contributed by atoms with E-state index in [9.17, 15) is 4.79 Å². The SMILES string of the molecule is CC(=O)Nc1ccc(C)c(C)c1.[HH]. The molecule has 0 saturated heterocycles. The van der Waals surface area contributed by atoms with Crippen LogP contribution in [0.25, 0.3) is 0 Å². The summed E-state index contributed by atoms with van der Waals surface area (Å²) >= 11 is 0. The Morgan fingerprint density at radius 3 is 2.50 bits per heavy atom. The monoisotopic (exact) mass is 165 g/mol. The van der Waals surface area contributed by atoms with E-state index in [2.05, 4.69) is 5.32 Å². The summed E-state index contributed by atoms with van der Waals surface area (Å²) in [5, 5.41) is 2.73. The van der Waals surface area contributed by atoms with Crippen molar-refractivity contribution >= 4 is 11.6 Å². The second kappa shape index (κ2) is 3.39. The molecule has 2 nitrogen and oxygen atoms in total. The van der Waals surface area contributed by atoms with Crippen LogP contribution in [-0.2, 0) is 4.79 Å². The van der Waals surface area contributed by atoms with Crippen LogP contribution in [0.2, 0.25) is 0 Å². The standard InChI is InChI=1S/C10H13NO.H2/c1-7-4-5-10(6-8(7)2)11-9(3)12;/h4-6H,1-3H3,(H,11,12);1H. The van der Waals surface area contributed by atoms with Crippen LogP contribution in [0.5, 0.6) is 0 Å². The van der Waals surface area contributed by atoms with Gasteiger partial charge in [0, 0.05) is 14.0 Å². The molecule has 0 fully saturated rings. The van der Waals surface area contributed by atoms with Gasteiger partial charge in [-0.2, -0.15) is 0 Å². The van der Waals surface area contributed by atoms with Gasteiger partial charge in [0.25, 0.3) is 0 Å². The summed E-state index contributed by atoms with van der Waals surface area (Å²) in [5.74, 6) is -0.0294. The zero-order valence-electron chi connectivity index (χ0n) is 7.64. The van der Waals surface area contributed by atoms with E-state index >= 15 is 0 Å². The lowest BCUT2D eigenvalue weighted by Crippen LogP contribution is -2.05. The van der Waals surface area contributed by atoms with Crippen LogP contribution < -0.4 is 5.32 Å². The first kappa shape index (κ1) is 8.78. The Morgan fingerprint density at radius 1 is 1.33 bits per heavy atom. The van der Waals surface area contributed by atoms with Gasteiger partial charge in [-0.25, -0.2) is 0 Å². The first-order valence-corrected chi connectivity index (χ1v) is 3.94. The molecule has 1 amide bonds. The van der Waals surface area contributed by atoms with Crippen LogP contribution in [-0.4, -0.2) is 5.91 Å². The summed E-state index contributed by atoms with van der Waals surface area (Å²) in [6.07, 6.45) is 0. The Kier molecular flexibility index (Phi) is 2.48. The molecule has 0 radical (unpaired) electrons. The Hall–Kier alpha value is -1.31. The maximum atomic E-state index is 10.7. The normalized spacial score (nSPS) is 9.58. The van der Waals surface area contributed by atoms with Crippen LogP contribution in [0.1, 0.15) is 19.5 Å². The molecule has 1 rings (SSSR count). The van der Waals surface area contributed by atoms with E-state index in [1.54, 1.807) is 0 Å². The fourth-order valence-corrected chi connectivity index (χ4v) is 1.02. The molecule has 0 unspecified atom stereocenters. The highest BCUT2D eigenvalue weighted by Gasteiger charge is 1.96. The largest absolute Gasteiger partial charge is 0.326 e. The molecule has 0 saturated carbocycles. The molecule has 66 valence electrons. The van der Waals surface area contributed by atoms with Crippen LogP contribution in [0.15, 0.2) is 18.2 Å². The lowest BCUT2D eigenvalue weighted by Gasteiger charge is -2.04. The van der Waals surface area contributed by atoms with Crippen molar-refractivity contribution in [3.63, 3.8) is 0 Å². The van der Waals surface area contributed by atoms with Gasteiger partial charge in [-0.05, 0) is 37.1 Å². The van der Waals surface area contributed by atoms with E-state index in [0.29, 0.717) is 0 Å². The zero-order chi connectivity index (χ0) is 9.14. The van der Waals surface area contributed by atoms with Gasteiger partial charge < -0.3 is 5.32 Å². The fourth-order valence-electron chi connectivity index (χ4n) is 1.02. The molecule has 0 spiro atoms. The number of hydrogen-bond donors (Lipinski definition) is 1. The van der Waals surface area contributed by atoms with Crippen molar-refractivity contribution < 1.29 is 6.22 Å². The summed E-state index contributed by atoms with van der Waals surface area (Å²) in [6.45, 7) is 5.59. The summed E-state index contributed by atoms with van der Waals surface area (Å²) in [5.41, 5.74) is 3.30. The fraction of sp³-hybridized carbons (Fsp3) is 0.300. The number of anilines is 1. The van der Waals surface area contributed by atoms with E-state index in [1.165, 1.54) is 18.1 Å². The predicted molar refractivity (Wildman–Crippen MR) is 52.3 cm³/mol. The molecular formula is C10H15NO. The molecule has 12 heavy (non-hydrogen) atoms. The topological polar surface area (TPSA) is 29.1 Å². The number of carbonyl (C=O) groups is 1. The highest BCUT2D eigenvalue weighted by Crippen LogP contribution is 2.13.